The Bertz CT molecular complexity index is 588. The van der Waals surface area contributed by atoms with Gasteiger partial charge in [-0.25, -0.2) is 4.98 Å². The Balaban J connectivity index is 2.46. The van der Waals surface area contributed by atoms with Crippen LogP contribution in [0.3, 0.4) is 0 Å². The van der Waals surface area contributed by atoms with E-state index < -0.39 is 29.2 Å². The fraction of sp³-hybridized carbons (Fsp3) is 0.182. The van der Waals surface area contributed by atoms with Gasteiger partial charge in [-0.15, -0.1) is 0 Å². The Morgan fingerprint density at radius 2 is 1.70 bits per heavy atom. The Morgan fingerprint density at radius 1 is 1.00 bits per heavy atom. The molecular formula is C11H5F6NO2. The van der Waals surface area contributed by atoms with Gasteiger partial charge in [-0.1, -0.05) is 0 Å². The molecule has 0 bridgehead atoms. The summed E-state index contributed by atoms with van der Waals surface area (Å²) in [5, 5.41) is 0. The monoisotopic (exact) mass is 297 g/mol. The van der Waals surface area contributed by atoms with E-state index in [1.807, 2.05) is 0 Å². The number of hydrogen-bond donors (Lipinski definition) is 0. The van der Waals surface area contributed by atoms with Crippen molar-refractivity contribution in [1.82, 2.24) is 4.98 Å². The predicted octanol–water partition coefficient (Wildman–Crippen LogP) is 4.50. The molecule has 2 rings (SSSR count). The average Bonchev–Trinajstić information content (AvgIpc) is 2.79. The second-order valence-corrected chi connectivity index (χ2v) is 3.63. The largest absolute Gasteiger partial charge is 0.424 e. The molecule has 1 aromatic heterocycles. The summed E-state index contributed by atoms with van der Waals surface area (Å²) in [4.78, 5) is 3.41. The molecule has 3 nitrogen and oxygen atoms in total. The summed E-state index contributed by atoms with van der Waals surface area (Å²) >= 11 is 0. The number of benzene rings is 1. The highest BCUT2D eigenvalue weighted by Gasteiger charge is 2.39. The minimum absolute atomic E-state index is 0.0221. The van der Waals surface area contributed by atoms with E-state index in [1.54, 1.807) is 0 Å². The summed E-state index contributed by atoms with van der Waals surface area (Å²) in [6, 6.07) is 1.04. The van der Waals surface area contributed by atoms with Crippen LogP contribution in [0.1, 0.15) is 11.1 Å². The molecule has 1 aromatic carbocycles. The van der Waals surface area contributed by atoms with Crippen molar-refractivity contribution in [3.05, 3.63) is 41.9 Å². The van der Waals surface area contributed by atoms with Crippen LogP contribution < -0.4 is 4.74 Å². The van der Waals surface area contributed by atoms with Gasteiger partial charge in [-0.05, 0) is 18.2 Å². The number of oxazole rings is 1. The zero-order valence-corrected chi connectivity index (χ0v) is 9.42. The van der Waals surface area contributed by atoms with Crippen molar-refractivity contribution < 1.29 is 35.5 Å². The van der Waals surface area contributed by atoms with Crippen molar-refractivity contribution in [3.63, 3.8) is 0 Å². The van der Waals surface area contributed by atoms with Crippen LogP contribution >= 0.6 is 0 Å². The van der Waals surface area contributed by atoms with Crippen molar-refractivity contribution in [2.24, 2.45) is 0 Å². The van der Waals surface area contributed by atoms with Gasteiger partial charge in [0.05, 0.1) is 11.1 Å². The van der Waals surface area contributed by atoms with Gasteiger partial charge < -0.3 is 9.15 Å². The first kappa shape index (κ1) is 14.2. The molecule has 0 aliphatic carbocycles. The molecule has 0 amide bonds. The van der Waals surface area contributed by atoms with E-state index in [0.717, 1.165) is 12.6 Å². The lowest BCUT2D eigenvalue weighted by molar-refractivity contribution is -0.143. The van der Waals surface area contributed by atoms with Crippen LogP contribution in [-0.2, 0) is 12.4 Å². The molecule has 0 unspecified atom stereocenters. The molecule has 0 saturated heterocycles. The Morgan fingerprint density at radius 3 is 2.20 bits per heavy atom. The summed E-state index contributed by atoms with van der Waals surface area (Å²) in [5.74, 6) is -1.17. The summed E-state index contributed by atoms with van der Waals surface area (Å²) < 4.78 is 84.8. The molecule has 0 N–H and O–H groups in total. The van der Waals surface area contributed by atoms with Crippen molar-refractivity contribution in [2.45, 2.75) is 12.4 Å². The van der Waals surface area contributed by atoms with E-state index in [1.165, 1.54) is 0 Å². The zero-order chi connectivity index (χ0) is 15.0. The van der Waals surface area contributed by atoms with Crippen LogP contribution in [0.4, 0.5) is 26.3 Å². The van der Waals surface area contributed by atoms with E-state index in [0.29, 0.717) is 12.1 Å². The van der Waals surface area contributed by atoms with Crippen molar-refractivity contribution in [3.8, 4) is 11.7 Å². The van der Waals surface area contributed by atoms with E-state index in [4.69, 9.17) is 4.74 Å². The summed E-state index contributed by atoms with van der Waals surface area (Å²) in [6.07, 6.45) is -7.99. The molecule has 0 aliphatic heterocycles. The molecule has 1 heterocycles. The minimum Gasteiger partial charge on any atom is -0.424 e. The fourth-order valence-corrected chi connectivity index (χ4v) is 1.38. The summed E-state index contributed by atoms with van der Waals surface area (Å²) in [5.41, 5.74) is -2.97. The maximum atomic E-state index is 12.8. The fourth-order valence-electron chi connectivity index (χ4n) is 1.38. The maximum Gasteiger partial charge on any atom is 0.420 e. The molecule has 0 spiro atoms. The van der Waals surface area contributed by atoms with Crippen LogP contribution in [0.25, 0.3) is 0 Å². The zero-order valence-electron chi connectivity index (χ0n) is 9.42. The Hall–Kier alpha value is -2.19. The standard InChI is InChI=1S/C11H5F6NO2/c12-10(13,14)6-1-2-8(7(3-6)11(15,16)17)20-9-4-18-5-19-9/h1-5H. The third kappa shape index (κ3) is 3.03. The molecular weight excluding hydrogens is 292 g/mol. The number of aromatic nitrogens is 1. The second kappa shape index (κ2) is 4.73. The van der Waals surface area contributed by atoms with Gasteiger partial charge in [0.2, 0.25) is 0 Å². The lowest BCUT2D eigenvalue weighted by Crippen LogP contribution is -2.11. The molecule has 0 saturated carbocycles. The van der Waals surface area contributed by atoms with Gasteiger partial charge in [0.1, 0.15) is 11.9 Å². The lowest BCUT2D eigenvalue weighted by Gasteiger charge is -2.15. The molecule has 0 aliphatic rings. The van der Waals surface area contributed by atoms with E-state index in [-0.39, 0.29) is 12.0 Å². The number of halogens is 6. The van der Waals surface area contributed by atoms with Gasteiger partial charge >= 0.3 is 18.3 Å². The average molecular weight is 297 g/mol. The van der Waals surface area contributed by atoms with E-state index >= 15 is 0 Å². The number of rotatable bonds is 2. The van der Waals surface area contributed by atoms with Crippen LogP contribution in [0, 0.1) is 0 Å². The van der Waals surface area contributed by atoms with Gasteiger partial charge in [0.25, 0.3) is 0 Å². The van der Waals surface area contributed by atoms with Gasteiger partial charge in [0, 0.05) is 0 Å². The van der Waals surface area contributed by atoms with Crippen LogP contribution in [0.2, 0.25) is 0 Å². The van der Waals surface area contributed by atoms with Gasteiger partial charge in [-0.3, -0.25) is 0 Å². The summed E-state index contributed by atoms with van der Waals surface area (Å²) in [7, 11) is 0. The molecule has 0 fully saturated rings. The molecule has 9 heteroatoms. The van der Waals surface area contributed by atoms with Crippen LogP contribution in [-0.4, -0.2) is 4.98 Å². The van der Waals surface area contributed by atoms with Crippen molar-refractivity contribution >= 4 is 0 Å². The smallest absolute Gasteiger partial charge is 0.420 e. The summed E-state index contributed by atoms with van der Waals surface area (Å²) in [6.45, 7) is 0. The third-order valence-corrected chi connectivity index (χ3v) is 2.23. The Kier molecular flexibility index (Phi) is 3.36. The molecule has 20 heavy (non-hydrogen) atoms. The van der Waals surface area contributed by atoms with Crippen LogP contribution in [0.15, 0.2) is 35.2 Å². The minimum atomic E-state index is -5.00. The van der Waals surface area contributed by atoms with Crippen molar-refractivity contribution in [1.29, 1.82) is 0 Å². The topological polar surface area (TPSA) is 35.3 Å². The highest BCUT2D eigenvalue weighted by Crippen LogP contribution is 2.41. The molecule has 0 atom stereocenters. The van der Waals surface area contributed by atoms with Crippen LogP contribution in [0.5, 0.6) is 11.7 Å². The third-order valence-electron chi connectivity index (χ3n) is 2.23. The van der Waals surface area contributed by atoms with E-state index in [9.17, 15) is 26.3 Å². The maximum absolute atomic E-state index is 12.8. The Labute approximate surface area is 107 Å². The lowest BCUT2D eigenvalue weighted by atomic mass is 10.1. The van der Waals surface area contributed by atoms with E-state index in [2.05, 4.69) is 9.40 Å². The normalized spacial score (nSPS) is 12.5. The number of alkyl halides is 6. The molecule has 2 aromatic rings. The number of nitrogens with zero attached hydrogens (tertiary/aromatic N) is 1. The number of ether oxygens (including phenoxy) is 1. The van der Waals surface area contributed by atoms with Gasteiger partial charge in [0.15, 0.2) is 6.39 Å². The first-order valence-electron chi connectivity index (χ1n) is 5.03. The molecule has 0 radical (unpaired) electrons. The number of hydrogen-bond acceptors (Lipinski definition) is 3. The first-order chi connectivity index (χ1) is 9.18. The predicted molar refractivity (Wildman–Crippen MR) is 53.0 cm³/mol. The quantitative estimate of drug-likeness (QED) is 0.765. The second-order valence-electron chi connectivity index (χ2n) is 3.63. The highest BCUT2D eigenvalue weighted by atomic mass is 19.4. The first-order valence-corrected chi connectivity index (χ1v) is 5.03. The van der Waals surface area contributed by atoms with Crippen molar-refractivity contribution in [2.75, 3.05) is 0 Å². The highest BCUT2D eigenvalue weighted by molar-refractivity contribution is 5.41. The SMILES string of the molecule is FC(F)(F)c1ccc(Oc2cnco2)c(C(F)(F)F)c1. The van der Waals surface area contributed by atoms with Gasteiger partial charge in [-0.2, -0.15) is 26.3 Å². The molecule has 108 valence electrons.